The van der Waals surface area contributed by atoms with E-state index in [1.54, 1.807) is 106 Å². The van der Waals surface area contributed by atoms with Crippen LogP contribution in [0.4, 0.5) is 66.7 Å². The third-order valence-corrected chi connectivity index (χ3v) is 21.9. The van der Waals surface area contributed by atoms with E-state index < -0.39 is 23.3 Å². The average Bonchev–Trinajstić information content (AvgIpc) is 1.65. The van der Waals surface area contributed by atoms with Gasteiger partial charge in [-0.05, 0) is 166 Å². The fourth-order valence-electron chi connectivity index (χ4n) is 15.4. The van der Waals surface area contributed by atoms with E-state index in [0.717, 1.165) is 144 Å². The van der Waals surface area contributed by atoms with Gasteiger partial charge in [-0.3, -0.25) is 31.5 Å². The number of anilines is 4. The molecule has 0 amide bonds. The van der Waals surface area contributed by atoms with E-state index in [4.69, 9.17) is 19.7 Å². The number of aromatic nitrogens is 8. The maximum atomic E-state index is 13.8. The minimum Gasteiger partial charge on any atom is -0.512 e. The summed E-state index contributed by atoms with van der Waals surface area (Å²) in [5.41, 5.74) is 21.4. The van der Waals surface area contributed by atoms with E-state index in [1.165, 1.54) is 106 Å². The van der Waals surface area contributed by atoms with E-state index in [1.807, 2.05) is 170 Å². The van der Waals surface area contributed by atoms with Crippen molar-refractivity contribution in [3.05, 3.63) is 493 Å². The number of pyridine rings is 8. The van der Waals surface area contributed by atoms with Crippen molar-refractivity contribution < 1.29 is 152 Å². The normalized spacial score (nSPS) is 11.0. The van der Waals surface area contributed by atoms with Gasteiger partial charge in [0.1, 0.15) is 40.6 Å². The standard InChI is InChI=1S/C24H18FN2.C13H10F2NO.C13H12FN2.C13H11FNO.C12H9FN.C11H6F2N.2C11H7FN.2C5H8O2.3Ir/c25-19-11-12-23-18(15-19)17-26-14-13-22(16-24(23)26)27(20-7-3-1-4-8-20)21-9-5-2-6-10-21;1-17-10-2-3-16-7-8-4-9(14)5-11(15)13(8)12(16)6-10;1-16(2)12-7-8-15-13(9-12)10-3-5-11(14)6-4-10;1-16-11-4-5-15-8-9-6-10(14)2-3-12(9)13(15)7-11;13-10-4-5-11-9(7-10)8-14-6-2-1-3-12(11)14;12-8-4-5-9(10(13)7-8)11-3-1-2-6-14-11;2*12-10-6-4-9(5-7-10)11-3-1-2-8-13-11;2*1-4(6)3-5(2)7;;;/h1-16H,17H2;2-6H,7H2,1H3;3,5-9H,1-2H3;2-7H,8H2,1H3;1-7H,8H2;1-4,6-7H;2*1-4,6-8H;2*3,6H,1-2H3;;;/q2*+1;-1;2*+1;3*-1;;;;;. The molecule has 4 aliphatic rings. The molecule has 2 N–H and O–H groups in total. The van der Waals surface area contributed by atoms with Gasteiger partial charge in [0, 0.05) is 222 Å². The van der Waals surface area contributed by atoms with Gasteiger partial charge in [0.05, 0.1) is 65.8 Å². The van der Waals surface area contributed by atoms with Crippen LogP contribution in [0, 0.1) is 82.4 Å². The molecule has 4 aliphatic heterocycles. The van der Waals surface area contributed by atoms with Crippen molar-refractivity contribution >= 4 is 34.3 Å². The third kappa shape index (κ3) is 32.1. The van der Waals surface area contributed by atoms with Gasteiger partial charge in [0.2, 0.25) is 22.8 Å². The summed E-state index contributed by atoms with van der Waals surface area (Å²) in [6, 6.07) is 102. The zero-order valence-electron chi connectivity index (χ0n) is 80.4. The van der Waals surface area contributed by atoms with Crippen molar-refractivity contribution in [2.75, 3.05) is 38.1 Å². The summed E-state index contributed by atoms with van der Waals surface area (Å²) >= 11 is 0. The maximum absolute atomic E-state index is 13.8. The Kier molecular flexibility index (Phi) is 42.6. The molecule has 0 bridgehead atoms. The Labute approximate surface area is 886 Å². The molecule has 12 heterocycles. The largest absolute Gasteiger partial charge is 0.512 e. The van der Waals surface area contributed by atoms with Crippen LogP contribution in [0.5, 0.6) is 11.5 Å². The van der Waals surface area contributed by atoms with Gasteiger partial charge in [-0.25, -0.2) is 22.0 Å². The first-order valence-electron chi connectivity index (χ1n) is 45.0. The van der Waals surface area contributed by atoms with Crippen molar-refractivity contribution in [2.24, 2.45) is 0 Å². The molecule has 29 heteroatoms. The number of ether oxygens (including phenoxy) is 2. The molecule has 18 aromatic rings. The summed E-state index contributed by atoms with van der Waals surface area (Å²) in [5.74, 6) is -2.36. The number of fused-ring (bicyclic) bond motifs is 12. The number of aliphatic hydroxyl groups is 2. The predicted octanol–water partition coefficient (Wildman–Crippen LogP) is 25.2. The van der Waals surface area contributed by atoms with Crippen LogP contribution in [-0.2, 0) is 96.1 Å². The number of methoxy groups -OCH3 is 2. The van der Waals surface area contributed by atoms with Crippen LogP contribution in [0.3, 0.4) is 0 Å². The monoisotopic (exact) mass is 2520 g/mol. The molecule has 16 nitrogen and oxygen atoms in total. The quantitative estimate of drug-likeness (QED) is 0.0391. The Morgan fingerprint density at radius 1 is 0.327 bits per heavy atom. The van der Waals surface area contributed by atoms with Crippen LogP contribution in [0.15, 0.2) is 389 Å². The number of ketones is 2. The molecule has 147 heavy (non-hydrogen) atoms. The summed E-state index contributed by atoms with van der Waals surface area (Å²) in [4.78, 5) is 40.7. The minimum atomic E-state index is -0.649. The fourth-order valence-corrected chi connectivity index (χ4v) is 15.4. The molecule has 0 saturated carbocycles. The van der Waals surface area contributed by atoms with Gasteiger partial charge in [-0.1, -0.05) is 90.5 Å². The molecule has 8 aromatic heterocycles. The predicted molar refractivity (Wildman–Crippen MR) is 535 cm³/mol. The molecule has 10 aromatic carbocycles. The summed E-state index contributed by atoms with van der Waals surface area (Å²) in [5, 5.41) is 16.7. The zero-order chi connectivity index (χ0) is 102. The fraction of sp³-hybridized carbons (Fsp3) is 0.102. The number of hydrogen-bond acceptors (Lipinski definition) is 12. The summed E-state index contributed by atoms with van der Waals surface area (Å²) in [6.07, 6.45) is 16.9. The molecule has 0 saturated heterocycles. The first-order valence-corrected chi connectivity index (χ1v) is 45.0. The molecule has 3 radical (unpaired) electrons. The van der Waals surface area contributed by atoms with Gasteiger partial charge in [0.25, 0.3) is 0 Å². The third-order valence-electron chi connectivity index (χ3n) is 21.9. The number of para-hydroxylation sites is 2. The Morgan fingerprint density at radius 2 is 0.707 bits per heavy atom. The minimum absolute atomic E-state index is 0. The Balaban J connectivity index is 0.000000170. The number of allylic oxidation sites excluding steroid dienone is 4. The summed E-state index contributed by atoms with van der Waals surface area (Å²) in [7, 11) is 7.14. The number of carbonyl (C=O) groups is 2. The van der Waals surface area contributed by atoms with Gasteiger partial charge in [-0.2, -0.15) is 18.3 Å². The molecule has 0 unspecified atom stereocenters. The number of carbonyl (C=O) groups excluding carboxylic acids is 2. The first kappa shape index (κ1) is 113. The number of aliphatic hydroxyl groups excluding tert-OH is 2. The van der Waals surface area contributed by atoms with Gasteiger partial charge < -0.3 is 49.4 Å². The molecule has 0 atom stereocenters. The van der Waals surface area contributed by atoms with Crippen LogP contribution < -0.4 is 37.5 Å². The van der Waals surface area contributed by atoms with Crippen LogP contribution in [0.1, 0.15) is 49.9 Å². The second kappa shape index (κ2) is 55.4. The molecule has 0 aliphatic carbocycles. The Hall–Kier alpha value is -15.7. The van der Waals surface area contributed by atoms with Crippen molar-refractivity contribution in [1.29, 1.82) is 0 Å². The van der Waals surface area contributed by atoms with Crippen molar-refractivity contribution in [2.45, 2.75) is 53.9 Å². The molecule has 0 spiro atoms. The van der Waals surface area contributed by atoms with E-state index in [2.05, 4.69) is 111 Å². The van der Waals surface area contributed by atoms with E-state index in [0.29, 0.717) is 35.7 Å². The molecular formula is C118H96F10Ir3N10O6. The van der Waals surface area contributed by atoms with Gasteiger partial charge >= 0.3 is 0 Å². The average molecular weight is 2520 g/mol. The van der Waals surface area contributed by atoms with E-state index in [9.17, 15) is 53.5 Å². The smallest absolute Gasteiger partial charge is 0.220 e. The molecule has 751 valence electrons. The van der Waals surface area contributed by atoms with Crippen LogP contribution in [0.25, 0.3) is 90.1 Å². The summed E-state index contributed by atoms with van der Waals surface area (Å²) < 4.78 is 149. The first-order chi connectivity index (χ1) is 69.5. The van der Waals surface area contributed by atoms with Gasteiger partial charge in [0.15, 0.2) is 62.5 Å². The zero-order valence-corrected chi connectivity index (χ0v) is 87.6. The van der Waals surface area contributed by atoms with Crippen LogP contribution in [0.2, 0.25) is 0 Å². The second-order valence-corrected chi connectivity index (χ2v) is 32.6. The van der Waals surface area contributed by atoms with Crippen molar-refractivity contribution in [3.8, 4) is 102 Å². The van der Waals surface area contributed by atoms with E-state index >= 15 is 0 Å². The van der Waals surface area contributed by atoms with Crippen LogP contribution >= 0.6 is 0 Å². The van der Waals surface area contributed by atoms with Crippen molar-refractivity contribution in [3.63, 3.8) is 0 Å². The Bertz CT molecular complexity index is 7350. The van der Waals surface area contributed by atoms with E-state index in [-0.39, 0.29) is 124 Å². The van der Waals surface area contributed by atoms with Crippen molar-refractivity contribution in [1.82, 2.24) is 19.9 Å². The number of rotatable bonds is 12. The summed E-state index contributed by atoms with van der Waals surface area (Å²) in [6.45, 7) is 8.40. The number of hydrogen-bond donors (Lipinski definition) is 2. The number of nitrogens with zero attached hydrogens (tertiary/aromatic N) is 10. The SMILES string of the molecule is CC(=O)C=C(C)O.CC(=O)C=C(C)O.CN(C)c1ccnc(-c2[c-]cc(F)cc2)c1.COc1cc[n+]2c(c1)-c1c(F)cc(F)cc1C2.COc1cc[n+]2c(c1)-c1ccc(F)cc1C2.Fc1c[c-]c(-c2ccccn2)c(F)c1.Fc1c[c-]c(-c2ccccn2)cc1.Fc1c[c-]c(-c2ccccn2)cc1.Fc1ccc2c(c1)C[n+]1ccc(N(c3ccccc3)c3ccccc3)cc1-2.Fc1ccc2c(c1)C[n+]1ccccc1-2.[Ir].[Ir].[Ir]. The van der Waals surface area contributed by atoms with Gasteiger partial charge in [-0.15, -0.1) is 102 Å². The molecule has 0 fully saturated rings. The Morgan fingerprint density at radius 3 is 1.13 bits per heavy atom. The second-order valence-electron chi connectivity index (χ2n) is 32.6. The topological polar surface area (TPSA) is 167 Å². The number of benzene rings is 10. The molecule has 22 rings (SSSR count). The maximum Gasteiger partial charge on any atom is 0.220 e. The number of halogens is 10. The van der Waals surface area contributed by atoms with Crippen LogP contribution in [-0.4, -0.2) is 70.0 Å². The molecular weight excluding hydrogens is 2420 g/mol.